The van der Waals surface area contributed by atoms with Gasteiger partial charge in [0.25, 0.3) is 5.91 Å². The Morgan fingerprint density at radius 2 is 1.59 bits per heavy atom. The highest BCUT2D eigenvalue weighted by Crippen LogP contribution is 2.26. The summed E-state index contributed by atoms with van der Waals surface area (Å²) in [6.07, 6.45) is 1.50. The molecule has 4 rings (SSSR count). The normalized spacial score (nSPS) is 14.6. The number of hydrogen-bond acceptors (Lipinski definition) is 5. The molecular formula is C23H22N2O4. The number of Topliss-reactive ketones (excluding diaryl/α,β-unsaturated/α-hetero) is 1. The van der Waals surface area contributed by atoms with Crippen LogP contribution in [-0.2, 0) is 0 Å². The maximum atomic E-state index is 13.1. The lowest BCUT2D eigenvalue weighted by molar-refractivity contribution is 0.0618. The molecule has 1 aromatic heterocycles. The molecule has 148 valence electrons. The number of amides is 1. The van der Waals surface area contributed by atoms with E-state index in [9.17, 15) is 9.59 Å². The largest absolute Gasteiger partial charge is 0.461 e. The average molecular weight is 390 g/mol. The predicted molar refractivity (Wildman–Crippen MR) is 108 cm³/mol. The first-order valence-corrected chi connectivity index (χ1v) is 9.61. The standard InChI is InChI=1S/C23H22N2O4/c26-20(22-11-6-16-28-22)17-24-12-14-25(15-13-24)23(27)19-9-4-5-10-21(19)29-18-7-2-1-3-8-18/h1-11,16H,12-15,17H2. The van der Waals surface area contributed by atoms with Gasteiger partial charge in [0.15, 0.2) is 5.76 Å². The molecule has 0 N–H and O–H groups in total. The van der Waals surface area contributed by atoms with Gasteiger partial charge in [0.2, 0.25) is 5.78 Å². The molecule has 6 nitrogen and oxygen atoms in total. The van der Waals surface area contributed by atoms with Gasteiger partial charge in [0, 0.05) is 26.2 Å². The van der Waals surface area contributed by atoms with Crippen molar-refractivity contribution in [1.82, 2.24) is 9.80 Å². The Morgan fingerprint density at radius 3 is 2.31 bits per heavy atom. The third-order valence-electron chi connectivity index (χ3n) is 4.91. The molecular weight excluding hydrogens is 368 g/mol. The third kappa shape index (κ3) is 4.55. The van der Waals surface area contributed by atoms with E-state index in [1.54, 1.807) is 29.2 Å². The zero-order valence-electron chi connectivity index (χ0n) is 16.0. The average Bonchev–Trinajstić information content (AvgIpc) is 3.30. The summed E-state index contributed by atoms with van der Waals surface area (Å²) in [5.74, 6) is 1.49. The lowest BCUT2D eigenvalue weighted by atomic mass is 10.1. The van der Waals surface area contributed by atoms with E-state index in [1.165, 1.54) is 6.26 Å². The topological polar surface area (TPSA) is 63.0 Å². The van der Waals surface area contributed by atoms with Gasteiger partial charge in [-0.25, -0.2) is 0 Å². The summed E-state index contributed by atoms with van der Waals surface area (Å²) < 4.78 is 11.1. The first-order valence-electron chi connectivity index (χ1n) is 9.61. The number of ether oxygens (including phenoxy) is 1. The van der Waals surface area contributed by atoms with Crippen LogP contribution in [0, 0.1) is 0 Å². The molecule has 29 heavy (non-hydrogen) atoms. The lowest BCUT2D eigenvalue weighted by Crippen LogP contribution is -2.49. The quantitative estimate of drug-likeness (QED) is 0.601. The van der Waals surface area contributed by atoms with E-state index in [-0.39, 0.29) is 11.7 Å². The number of nitrogens with zero attached hydrogens (tertiary/aromatic N) is 2. The molecule has 1 fully saturated rings. The number of ketones is 1. The summed E-state index contributed by atoms with van der Waals surface area (Å²) in [5.41, 5.74) is 0.538. The second-order valence-electron chi connectivity index (χ2n) is 6.88. The molecule has 3 aromatic rings. The molecule has 0 unspecified atom stereocenters. The van der Waals surface area contributed by atoms with Crippen LogP contribution in [0.3, 0.4) is 0 Å². The SMILES string of the molecule is O=C(CN1CCN(C(=O)c2ccccc2Oc2ccccc2)CC1)c1ccco1. The summed E-state index contributed by atoms with van der Waals surface area (Å²) in [6, 6.07) is 20.1. The number of carbonyl (C=O) groups excluding carboxylic acids is 2. The molecule has 1 aliphatic heterocycles. The van der Waals surface area contributed by atoms with Crippen LogP contribution in [0.5, 0.6) is 11.5 Å². The summed E-state index contributed by atoms with van der Waals surface area (Å²) >= 11 is 0. The Balaban J connectivity index is 1.38. The maximum Gasteiger partial charge on any atom is 0.257 e. The Kier molecular flexibility index (Phi) is 5.72. The smallest absolute Gasteiger partial charge is 0.257 e. The van der Waals surface area contributed by atoms with Gasteiger partial charge in [-0.3, -0.25) is 14.5 Å². The van der Waals surface area contributed by atoms with Crippen LogP contribution in [0.25, 0.3) is 0 Å². The molecule has 0 aliphatic carbocycles. The Bertz CT molecular complexity index is 962. The minimum Gasteiger partial charge on any atom is -0.461 e. The highest BCUT2D eigenvalue weighted by Gasteiger charge is 2.25. The number of carbonyl (C=O) groups is 2. The van der Waals surface area contributed by atoms with Crippen LogP contribution >= 0.6 is 0 Å². The van der Waals surface area contributed by atoms with E-state index in [1.807, 2.05) is 47.4 Å². The highest BCUT2D eigenvalue weighted by atomic mass is 16.5. The first kappa shape index (κ1) is 19.0. The maximum absolute atomic E-state index is 13.1. The summed E-state index contributed by atoms with van der Waals surface area (Å²) in [4.78, 5) is 29.1. The van der Waals surface area contributed by atoms with Crippen molar-refractivity contribution in [1.29, 1.82) is 0 Å². The fourth-order valence-electron chi connectivity index (χ4n) is 3.35. The Labute approximate surface area is 169 Å². The number of furan rings is 1. The molecule has 0 radical (unpaired) electrons. The summed E-state index contributed by atoms with van der Waals surface area (Å²) in [5, 5.41) is 0. The number of rotatable bonds is 6. The van der Waals surface area contributed by atoms with E-state index in [4.69, 9.17) is 9.15 Å². The highest BCUT2D eigenvalue weighted by molar-refractivity contribution is 5.97. The minimum absolute atomic E-state index is 0.0450. The third-order valence-corrected chi connectivity index (χ3v) is 4.91. The number of hydrogen-bond donors (Lipinski definition) is 0. The Morgan fingerprint density at radius 1 is 0.862 bits per heavy atom. The van der Waals surface area contributed by atoms with Gasteiger partial charge >= 0.3 is 0 Å². The van der Waals surface area contributed by atoms with E-state index in [2.05, 4.69) is 0 Å². The van der Waals surface area contributed by atoms with Crippen LogP contribution in [0.15, 0.2) is 77.4 Å². The van der Waals surface area contributed by atoms with Crippen molar-refractivity contribution in [3.8, 4) is 11.5 Å². The number of benzene rings is 2. The van der Waals surface area contributed by atoms with Crippen LogP contribution in [0.1, 0.15) is 20.9 Å². The molecule has 1 saturated heterocycles. The zero-order chi connectivity index (χ0) is 20.1. The fraction of sp³-hybridized carbons (Fsp3) is 0.217. The molecule has 6 heteroatoms. The minimum atomic E-state index is -0.0615. The van der Waals surface area contributed by atoms with Gasteiger partial charge in [-0.15, -0.1) is 0 Å². The molecule has 0 saturated carbocycles. The lowest BCUT2D eigenvalue weighted by Gasteiger charge is -2.34. The molecule has 0 spiro atoms. The second-order valence-corrected chi connectivity index (χ2v) is 6.88. The van der Waals surface area contributed by atoms with Crippen LogP contribution < -0.4 is 4.74 Å². The van der Waals surface area contributed by atoms with Gasteiger partial charge < -0.3 is 14.1 Å². The van der Waals surface area contributed by atoms with Gasteiger partial charge in [-0.1, -0.05) is 30.3 Å². The second kappa shape index (κ2) is 8.75. The van der Waals surface area contributed by atoms with Crippen molar-refractivity contribution < 1.29 is 18.7 Å². The van der Waals surface area contributed by atoms with Crippen LogP contribution in [-0.4, -0.2) is 54.2 Å². The van der Waals surface area contributed by atoms with Crippen molar-refractivity contribution in [2.75, 3.05) is 32.7 Å². The van der Waals surface area contributed by atoms with Crippen molar-refractivity contribution in [2.45, 2.75) is 0 Å². The van der Waals surface area contributed by atoms with Crippen LogP contribution in [0.2, 0.25) is 0 Å². The molecule has 0 bridgehead atoms. The van der Waals surface area contributed by atoms with E-state index >= 15 is 0 Å². The predicted octanol–water partition coefficient (Wildman–Crippen LogP) is 3.71. The molecule has 2 heterocycles. The van der Waals surface area contributed by atoms with Crippen LogP contribution in [0.4, 0.5) is 0 Å². The zero-order valence-corrected chi connectivity index (χ0v) is 16.0. The van der Waals surface area contributed by atoms with Gasteiger partial charge in [-0.2, -0.15) is 0 Å². The Hall–Kier alpha value is -3.38. The van der Waals surface area contributed by atoms with E-state index in [0.29, 0.717) is 55.5 Å². The van der Waals surface area contributed by atoms with Crippen molar-refractivity contribution in [2.24, 2.45) is 0 Å². The molecule has 1 amide bonds. The van der Waals surface area contributed by atoms with Gasteiger partial charge in [0.05, 0.1) is 18.4 Å². The monoisotopic (exact) mass is 390 g/mol. The first-order chi connectivity index (χ1) is 14.2. The van der Waals surface area contributed by atoms with Crippen molar-refractivity contribution in [3.05, 3.63) is 84.3 Å². The number of piperazine rings is 1. The molecule has 2 aromatic carbocycles. The fourth-order valence-corrected chi connectivity index (χ4v) is 3.35. The number of para-hydroxylation sites is 2. The van der Waals surface area contributed by atoms with Gasteiger partial charge in [-0.05, 0) is 36.4 Å². The van der Waals surface area contributed by atoms with Gasteiger partial charge in [0.1, 0.15) is 11.5 Å². The molecule has 0 atom stereocenters. The van der Waals surface area contributed by atoms with E-state index in [0.717, 1.165) is 0 Å². The van der Waals surface area contributed by atoms with Crippen molar-refractivity contribution in [3.63, 3.8) is 0 Å². The summed E-state index contributed by atoms with van der Waals surface area (Å²) in [6.45, 7) is 2.69. The van der Waals surface area contributed by atoms with Crippen molar-refractivity contribution >= 4 is 11.7 Å². The van der Waals surface area contributed by atoms with E-state index < -0.39 is 0 Å². The molecule has 1 aliphatic rings. The summed E-state index contributed by atoms with van der Waals surface area (Å²) in [7, 11) is 0.